The summed E-state index contributed by atoms with van der Waals surface area (Å²) in [7, 11) is 0. The minimum atomic E-state index is -1.24. The fraction of sp³-hybridized carbons (Fsp3) is 0.444. The SMILES string of the molecule is CC[C@](C)(O)c1cc2n(c(=O)c1COC=O)Cc1cc3c(CN4CCC(N)CC4)cccc3nc1-2. The zero-order valence-electron chi connectivity index (χ0n) is 20.3. The molecule has 1 fully saturated rings. The molecular formula is C27H32N4O4. The molecular weight excluding hydrogens is 444 g/mol. The standard InChI is InChI=1S/C27H32N4O4/c1-3-27(2,34)22-12-24-25-18(14-31(24)26(33)21(22)15-35-16-32)11-20-17(5-4-6-23(20)29-25)13-30-9-7-19(28)8-10-30/h4-6,11-12,16,19,34H,3,7-10,13-15,28H2,1-2H3/t27-/m0/s1. The third kappa shape index (κ3) is 4.26. The lowest BCUT2D eigenvalue weighted by molar-refractivity contribution is -0.129. The molecule has 4 heterocycles. The Morgan fingerprint density at radius 2 is 2.06 bits per heavy atom. The van der Waals surface area contributed by atoms with Crippen molar-refractivity contribution in [1.29, 1.82) is 0 Å². The Kier molecular flexibility index (Phi) is 6.21. The molecule has 0 aliphatic carbocycles. The topological polar surface area (TPSA) is 111 Å². The zero-order chi connectivity index (χ0) is 24.7. The first-order valence-electron chi connectivity index (χ1n) is 12.3. The molecule has 0 saturated carbocycles. The minimum Gasteiger partial charge on any atom is -0.463 e. The fourth-order valence-electron chi connectivity index (χ4n) is 5.27. The van der Waals surface area contributed by atoms with Crippen molar-refractivity contribution in [3.8, 4) is 11.4 Å². The molecule has 3 aromatic rings. The van der Waals surface area contributed by atoms with Crippen molar-refractivity contribution in [2.75, 3.05) is 13.1 Å². The van der Waals surface area contributed by atoms with E-state index in [4.69, 9.17) is 15.5 Å². The van der Waals surface area contributed by atoms with E-state index >= 15 is 0 Å². The number of carbonyl (C=O) groups excluding carboxylic acids is 1. The first-order chi connectivity index (χ1) is 16.8. The summed E-state index contributed by atoms with van der Waals surface area (Å²) in [6.07, 6.45) is 2.43. The second-order valence-corrected chi connectivity index (χ2v) is 9.94. The Hall–Kier alpha value is -3.07. The van der Waals surface area contributed by atoms with Crippen LogP contribution in [0.15, 0.2) is 35.1 Å². The average Bonchev–Trinajstić information content (AvgIpc) is 3.21. The van der Waals surface area contributed by atoms with Gasteiger partial charge in [0.15, 0.2) is 0 Å². The Morgan fingerprint density at radius 3 is 2.77 bits per heavy atom. The van der Waals surface area contributed by atoms with Crippen LogP contribution < -0.4 is 11.3 Å². The number of benzene rings is 1. The van der Waals surface area contributed by atoms with Crippen molar-refractivity contribution >= 4 is 17.4 Å². The monoisotopic (exact) mass is 476 g/mol. The van der Waals surface area contributed by atoms with Crippen LogP contribution >= 0.6 is 0 Å². The molecule has 35 heavy (non-hydrogen) atoms. The number of nitrogens with zero attached hydrogens (tertiary/aromatic N) is 3. The Balaban J connectivity index is 1.59. The van der Waals surface area contributed by atoms with Gasteiger partial charge in [-0.05, 0) is 68.6 Å². The van der Waals surface area contributed by atoms with E-state index in [1.807, 2.05) is 25.1 Å². The van der Waals surface area contributed by atoms with Gasteiger partial charge in [0.2, 0.25) is 0 Å². The number of rotatable bonds is 7. The lowest BCUT2D eigenvalue weighted by Gasteiger charge is -2.30. The largest absolute Gasteiger partial charge is 0.463 e. The Bertz CT molecular complexity index is 1340. The molecule has 0 bridgehead atoms. The van der Waals surface area contributed by atoms with Gasteiger partial charge in [-0.25, -0.2) is 4.98 Å². The predicted octanol–water partition coefficient (Wildman–Crippen LogP) is 2.64. The number of aliphatic hydroxyl groups is 1. The summed E-state index contributed by atoms with van der Waals surface area (Å²) in [5.74, 6) is 0. The quantitative estimate of drug-likeness (QED) is 0.395. The summed E-state index contributed by atoms with van der Waals surface area (Å²) in [6, 6.07) is 10.4. The van der Waals surface area contributed by atoms with E-state index in [-0.39, 0.29) is 12.2 Å². The summed E-state index contributed by atoms with van der Waals surface area (Å²) in [6.45, 7) is 6.88. The molecule has 2 aromatic heterocycles. The summed E-state index contributed by atoms with van der Waals surface area (Å²) in [4.78, 5) is 31.7. The number of piperidine rings is 1. The average molecular weight is 477 g/mol. The van der Waals surface area contributed by atoms with E-state index < -0.39 is 5.60 Å². The molecule has 8 nitrogen and oxygen atoms in total. The second kappa shape index (κ2) is 9.18. The lowest BCUT2D eigenvalue weighted by Crippen LogP contribution is -2.39. The summed E-state index contributed by atoms with van der Waals surface area (Å²) >= 11 is 0. The van der Waals surface area contributed by atoms with Gasteiger partial charge in [0, 0.05) is 23.5 Å². The molecule has 2 aliphatic heterocycles. The highest BCUT2D eigenvalue weighted by Gasteiger charge is 2.32. The van der Waals surface area contributed by atoms with Gasteiger partial charge in [-0.3, -0.25) is 14.5 Å². The summed E-state index contributed by atoms with van der Waals surface area (Å²) in [5.41, 5.74) is 9.86. The zero-order valence-corrected chi connectivity index (χ0v) is 20.3. The maximum atomic E-state index is 13.5. The van der Waals surface area contributed by atoms with E-state index in [1.54, 1.807) is 11.5 Å². The van der Waals surface area contributed by atoms with Crippen molar-refractivity contribution in [2.45, 2.75) is 64.4 Å². The predicted molar refractivity (Wildman–Crippen MR) is 134 cm³/mol. The fourth-order valence-corrected chi connectivity index (χ4v) is 5.27. The number of nitrogens with two attached hydrogens (primary N) is 1. The van der Waals surface area contributed by atoms with Crippen molar-refractivity contribution in [2.24, 2.45) is 5.73 Å². The third-order valence-corrected chi connectivity index (χ3v) is 7.59. The molecule has 1 saturated heterocycles. The molecule has 0 radical (unpaired) electrons. The van der Waals surface area contributed by atoms with Gasteiger partial charge in [-0.2, -0.15) is 0 Å². The van der Waals surface area contributed by atoms with Crippen molar-refractivity contribution in [3.63, 3.8) is 0 Å². The van der Waals surface area contributed by atoms with Gasteiger partial charge >= 0.3 is 0 Å². The number of aromatic nitrogens is 2. The Labute approximate surface area is 204 Å². The van der Waals surface area contributed by atoms with Crippen LogP contribution in [0.25, 0.3) is 22.3 Å². The van der Waals surface area contributed by atoms with Crippen LogP contribution in [0, 0.1) is 0 Å². The minimum absolute atomic E-state index is 0.177. The van der Waals surface area contributed by atoms with Gasteiger partial charge in [0.25, 0.3) is 12.0 Å². The van der Waals surface area contributed by atoms with Crippen LogP contribution in [-0.2, 0) is 34.8 Å². The normalized spacial score (nSPS) is 17.7. The van der Waals surface area contributed by atoms with Crippen LogP contribution in [0.4, 0.5) is 0 Å². The van der Waals surface area contributed by atoms with Crippen molar-refractivity contribution < 1.29 is 14.6 Å². The van der Waals surface area contributed by atoms with E-state index in [1.165, 1.54) is 5.56 Å². The van der Waals surface area contributed by atoms with Crippen molar-refractivity contribution in [3.05, 3.63) is 62.9 Å². The molecule has 5 rings (SSSR count). The van der Waals surface area contributed by atoms with Crippen LogP contribution in [0.1, 0.15) is 55.4 Å². The van der Waals surface area contributed by atoms with Gasteiger partial charge in [0.1, 0.15) is 6.61 Å². The van der Waals surface area contributed by atoms with E-state index in [0.717, 1.165) is 54.6 Å². The van der Waals surface area contributed by atoms with Gasteiger partial charge in [-0.15, -0.1) is 0 Å². The highest BCUT2D eigenvalue weighted by molar-refractivity contribution is 5.86. The number of carbonyl (C=O) groups is 1. The van der Waals surface area contributed by atoms with E-state index in [2.05, 4.69) is 17.0 Å². The number of hydrogen-bond donors (Lipinski definition) is 2. The molecule has 1 aromatic carbocycles. The molecule has 184 valence electrons. The lowest BCUT2D eigenvalue weighted by atomic mass is 9.89. The number of likely N-dealkylation sites (tertiary alicyclic amines) is 1. The molecule has 0 spiro atoms. The van der Waals surface area contributed by atoms with Crippen LogP contribution in [-0.4, -0.2) is 45.2 Å². The molecule has 8 heteroatoms. The third-order valence-electron chi connectivity index (χ3n) is 7.59. The highest BCUT2D eigenvalue weighted by Crippen LogP contribution is 2.36. The molecule has 0 amide bonds. The molecule has 2 aliphatic rings. The number of fused-ring (bicyclic) bond motifs is 4. The summed E-state index contributed by atoms with van der Waals surface area (Å²) < 4.78 is 6.61. The maximum absolute atomic E-state index is 13.5. The smallest absolute Gasteiger partial charge is 0.293 e. The number of ether oxygens (including phenoxy) is 1. The maximum Gasteiger partial charge on any atom is 0.293 e. The van der Waals surface area contributed by atoms with Crippen molar-refractivity contribution in [1.82, 2.24) is 14.5 Å². The van der Waals surface area contributed by atoms with E-state index in [9.17, 15) is 14.7 Å². The van der Waals surface area contributed by atoms with Gasteiger partial charge < -0.3 is 20.1 Å². The number of hydrogen-bond acceptors (Lipinski definition) is 7. The Morgan fingerprint density at radius 1 is 1.29 bits per heavy atom. The van der Waals surface area contributed by atoms with Crippen LogP contribution in [0.2, 0.25) is 0 Å². The number of pyridine rings is 2. The van der Waals surface area contributed by atoms with E-state index in [0.29, 0.717) is 42.3 Å². The van der Waals surface area contributed by atoms with Gasteiger partial charge in [0.05, 0.1) is 34.6 Å². The molecule has 0 unspecified atom stereocenters. The van der Waals surface area contributed by atoms with Crippen LogP contribution in [0.3, 0.4) is 0 Å². The summed E-state index contributed by atoms with van der Waals surface area (Å²) in [5, 5.41) is 12.1. The van der Waals surface area contributed by atoms with Crippen LogP contribution in [0.5, 0.6) is 0 Å². The van der Waals surface area contributed by atoms with Gasteiger partial charge in [-0.1, -0.05) is 19.1 Å². The second-order valence-electron chi connectivity index (χ2n) is 9.94. The molecule has 3 N–H and O–H groups in total. The first kappa shape index (κ1) is 23.7. The molecule has 1 atom stereocenters. The highest BCUT2D eigenvalue weighted by atomic mass is 16.5. The first-order valence-corrected chi connectivity index (χ1v) is 12.3.